The van der Waals surface area contributed by atoms with Crippen LogP contribution in [0.4, 0.5) is 10.1 Å². The molecule has 0 spiro atoms. The van der Waals surface area contributed by atoms with Crippen LogP contribution in [0.25, 0.3) is 0 Å². The van der Waals surface area contributed by atoms with Crippen molar-refractivity contribution in [3.05, 3.63) is 62.9 Å². The molecule has 0 bridgehead atoms. The summed E-state index contributed by atoms with van der Waals surface area (Å²) in [5.41, 5.74) is -0.209. The number of nitro groups is 1. The van der Waals surface area contributed by atoms with Crippen LogP contribution in [0, 0.1) is 15.9 Å². The van der Waals surface area contributed by atoms with E-state index in [2.05, 4.69) is 15.9 Å². The Kier molecular flexibility index (Phi) is 3.57. The number of hydrogen-bond acceptors (Lipinski definition) is 3. The fourth-order valence-corrected chi connectivity index (χ4v) is 1.70. The summed E-state index contributed by atoms with van der Waals surface area (Å²) in [5, 5.41) is 10.8. The molecule has 0 saturated heterocycles. The van der Waals surface area contributed by atoms with Crippen LogP contribution in [0.5, 0.6) is 11.5 Å². The van der Waals surface area contributed by atoms with Crippen molar-refractivity contribution in [2.45, 2.75) is 0 Å². The first-order chi connectivity index (χ1) is 8.58. The lowest BCUT2D eigenvalue weighted by molar-refractivity contribution is -0.385. The summed E-state index contributed by atoms with van der Waals surface area (Å²) >= 11 is 3.12. The average Bonchev–Trinajstić information content (AvgIpc) is 2.33. The highest BCUT2D eigenvalue weighted by molar-refractivity contribution is 9.10. The molecule has 0 atom stereocenters. The van der Waals surface area contributed by atoms with Crippen LogP contribution in [-0.2, 0) is 0 Å². The molecule has 0 N–H and O–H groups in total. The number of halogens is 2. The maximum absolute atomic E-state index is 13.5. The number of rotatable bonds is 3. The quantitative estimate of drug-likeness (QED) is 0.627. The van der Waals surface area contributed by atoms with Gasteiger partial charge in [0.25, 0.3) is 0 Å². The van der Waals surface area contributed by atoms with Crippen molar-refractivity contribution >= 4 is 21.6 Å². The fourth-order valence-electron chi connectivity index (χ4n) is 1.37. The molecule has 18 heavy (non-hydrogen) atoms. The van der Waals surface area contributed by atoms with Gasteiger partial charge in [0, 0.05) is 10.5 Å². The normalized spacial score (nSPS) is 10.1. The predicted molar refractivity (Wildman–Crippen MR) is 67.3 cm³/mol. The number of nitrogens with zero attached hydrogens (tertiary/aromatic N) is 1. The van der Waals surface area contributed by atoms with Gasteiger partial charge in [-0.25, -0.2) is 4.39 Å². The second-order valence-electron chi connectivity index (χ2n) is 3.40. The average molecular weight is 312 g/mol. The molecule has 4 nitrogen and oxygen atoms in total. The molecule has 0 aliphatic heterocycles. The summed E-state index contributed by atoms with van der Waals surface area (Å²) < 4.78 is 19.3. The fraction of sp³-hybridized carbons (Fsp3) is 0. The van der Waals surface area contributed by atoms with E-state index in [1.807, 2.05) is 0 Å². The molecule has 0 unspecified atom stereocenters. The highest BCUT2D eigenvalue weighted by Crippen LogP contribution is 2.32. The van der Waals surface area contributed by atoms with Crippen molar-refractivity contribution in [1.29, 1.82) is 0 Å². The zero-order chi connectivity index (χ0) is 13.1. The van der Waals surface area contributed by atoms with E-state index in [-0.39, 0.29) is 17.2 Å². The molecule has 0 heterocycles. The van der Waals surface area contributed by atoms with Gasteiger partial charge >= 0.3 is 5.69 Å². The van der Waals surface area contributed by atoms with E-state index in [1.54, 1.807) is 12.1 Å². The monoisotopic (exact) mass is 311 g/mol. The standard InChI is InChI=1S/C12H7BrFNO3/c13-8-5-6-11(9(14)7-8)18-12-4-2-1-3-10(12)15(16)17/h1-7H. The van der Waals surface area contributed by atoms with Crippen LogP contribution in [0.2, 0.25) is 0 Å². The van der Waals surface area contributed by atoms with E-state index in [0.29, 0.717) is 4.47 Å². The molecule has 6 heteroatoms. The van der Waals surface area contributed by atoms with Gasteiger partial charge in [-0.2, -0.15) is 0 Å². The van der Waals surface area contributed by atoms with Crippen molar-refractivity contribution in [2.75, 3.05) is 0 Å². The van der Waals surface area contributed by atoms with Crippen LogP contribution in [0.1, 0.15) is 0 Å². The van der Waals surface area contributed by atoms with Gasteiger partial charge in [-0.15, -0.1) is 0 Å². The number of ether oxygens (including phenoxy) is 1. The lowest BCUT2D eigenvalue weighted by Crippen LogP contribution is -1.94. The lowest BCUT2D eigenvalue weighted by atomic mass is 10.3. The predicted octanol–water partition coefficient (Wildman–Crippen LogP) is 4.29. The van der Waals surface area contributed by atoms with Crippen LogP contribution < -0.4 is 4.74 Å². The van der Waals surface area contributed by atoms with Crippen LogP contribution in [-0.4, -0.2) is 4.92 Å². The van der Waals surface area contributed by atoms with Crippen LogP contribution in [0.3, 0.4) is 0 Å². The Morgan fingerprint density at radius 1 is 1.17 bits per heavy atom. The molecule has 92 valence electrons. The maximum Gasteiger partial charge on any atom is 0.311 e. The van der Waals surface area contributed by atoms with Gasteiger partial charge in [-0.05, 0) is 24.3 Å². The van der Waals surface area contributed by atoms with Crippen LogP contribution in [0.15, 0.2) is 46.9 Å². The van der Waals surface area contributed by atoms with E-state index >= 15 is 0 Å². The molecule has 0 aliphatic rings. The second kappa shape index (κ2) is 5.14. The molecule has 0 radical (unpaired) electrons. The summed E-state index contributed by atoms with van der Waals surface area (Å²) in [4.78, 5) is 10.2. The first-order valence-corrected chi connectivity index (χ1v) is 5.73. The van der Waals surface area contributed by atoms with Crippen LogP contribution >= 0.6 is 15.9 Å². The smallest absolute Gasteiger partial charge is 0.311 e. The molecule has 2 aromatic rings. The number of nitro benzene ring substituents is 1. The highest BCUT2D eigenvalue weighted by atomic mass is 79.9. The highest BCUT2D eigenvalue weighted by Gasteiger charge is 2.16. The second-order valence-corrected chi connectivity index (χ2v) is 4.32. The molecule has 2 rings (SSSR count). The molecular formula is C12H7BrFNO3. The minimum atomic E-state index is -0.595. The number of benzene rings is 2. The minimum absolute atomic E-state index is 0.00345. The zero-order valence-corrected chi connectivity index (χ0v) is 10.6. The van der Waals surface area contributed by atoms with Gasteiger partial charge in [-0.1, -0.05) is 28.1 Å². The largest absolute Gasteiger partial charge is 0.447 e. The Morgan fingerprint density at radius 3 is 2.56 bits per heavy atom. The Balaban J connectivity index is 2.37. The van der Waals surface area contributed by atoms with E-state index in [4.69, 9.17) is 4.74 Å². The maximum atomic E-state index is 13.5. The molecule has 0 aliphatic carbocycles. The summed E-state index contributed by atoms with van der Waals surface area (Å²) in [6.07, 6.45) is 0. The van der Waals surface area contributed by atoms with E-state index < -0.39 is 10.7 Å². The number of hydrogen-bond donors (Lipinski definition) is 0. The minimum Gasteiger partial charge on any atom is -0.447 e. The first-order valence-electron chi connectivity index (χ1n) is 4.94. The van der Waals surface area contributed by atoms with Gasteiger partial charge < -0.3 is 4.74 Å². The molecule has 0 fully saturated rings. The van der Waals surface area contributed by atoms with Crippen molar-refractivity contribution in [1.82, 2.24) is 0 Å². The molecule has 0 amide bonds. The van der Waals surface area contributed by atoms with Crippen molar-refractivity contribution in [3.63, 3.8) is 0 Å². The zero-order valence-electron chi connectivity index (χ0n) is 8.97. The number of para-hydroxylation sites is 2. The Morgan fingerprint density at radius 2 is 1.89 bits per heavy atom. The third kappa shape index (κ3) is 2.65. The van der Waals surface area contributed by atoms with Crippen molar-refractivity contribution in [2.24, 2.45) is 0 Å². The Hall–Kier alpha value is -1.95. The van der Waals surface area contributed by atoms with E-state index in [1.165, 1.54) is 30.3 Å². The van der Waals surface area contributed by atoms with Gasteiger partial charge in [0.05, 0.1) is 4.92 Å². The molecule has 2 aromatic carbocycles. The molecular weight excluding hydrogens is 305 g/mol. The molecule has 0 saturated carbocycles. The van der Waals surface area contributed by atoms with Crippen molar-refractivity contribution < 1.29 is 14.1 Å². The van der Waals surface area contributed by atoms with Gasteiger partial charge in [-0.3, -0.25) is 10.1 Å². The molecule has 0 aromatic heterocycles. The van der Waals surface area contributed by atoms with Gasteiger partial charge in [0.2, 0.25) is 5.75 Å². The third-order valence-corrected chi connectivity index (χ3v) is 2.67. The summed E-state index contributed by atoms with van der Waals surface area (Å²) in [5.74, 6) is -0.654. The third-order valence-electron chi connectivity index (χ3n) is 2.18. The van der Waals surface area contributed by atoms with Gasteiger partial charge in [0.1, 0.15) is 0 Å². The first kappa shape index (κ1) is 12.5. The SMILES string of the molecule is O=[N+]([O-])c1ccccc1Oc1ccc(Br)cc1F. The lowest BCUT2D eigenvalue weighted by Gasteiger charge is -2.07. The Bertz CT molecular complexity index is 604. The Labute approximate surface area is 110 Å². The van der Waals surface area contributed by atoms with E-state index in [9.17, 15) is 14.5 Å². The summed E-state index contributed by atoms with van der Waals surface area (Å²) in [6.45, 7) is 0. The van der Waals surface area contributed by atoms with Gasteiger partial charge in [0.15, 0.2) is 11.6 Å². The van der Waals surface area contributed by atoms with E-state index in [0.717, 1.165) is 0 Å². The topological polar surface area (TPSA) is 52.4 Å². The van der Waals surface area contributed by atoms with Crippen molar-refractivity contribution in [3.8, 4) is 11.5 Å². The summed E-state index contributed by atoms with van der Waals surface area (Å²) in [7, 11) is 0. The summed E-state index contributed by atoms with van der Waals surface area (Å²) in [6, 6.07) is 10.0.